The Balaban J connectivity index is 2.28. The second-order valence-electron chi connectivity index (χ2n) is 5.02. The van der Waals surface area contributed by atoms with Gasteiger partial charge in [0.05, 0.1) is 7.11 Å². The topological polar surface area (TPSA) is 64.4 Å². The van der Waals surface area contributed by atoms with E-state index in [2.05, 4.69) is 12.2 Å². The standard InChI is InChI=1S/C16H26N2O2/c1-3-13(10-11-17)6-9-16(19)18-12-14-4-7-15(20-2)8-5-14/h4-5,7-8,13H,3,6,9-12,17H2,1-2H3,(H,18,19). The molecular weight excluding hydrogens is 252 g/mol. The molecule has 4 nitrogen and oxygen atoms in total. The molecule has 112 valence electrons. The van der Waals surface area contributed by atoms with Crippen LogP contribution in [-0.4, -0.2) is 19.6 Å². The van der Waals surface area contributed by atoms with Gasteiger partial charge in [-0.15, -0.1) is 0 Å². The van der Waals surface area contributed by atoms with E-state index in [-0.39, 0.29) is 5.91 Å². The number of hydrogen-bond donors (Lipinski definition) is 2. The number of rotatable bonds is 9. The van der Waals surface area contributed by atoms with Crippen molar-refractivity contribution in [3.63, 3.8) is 0 Å². The van der Waals surface area contributed by atoms with Crippen molar-refractivity contribution < 1.29 is 9.53 Å². The number of ether oxygens (including phenoxy) is 1. The van der Waals surface area contributed by atoms with Gasteiger partial charge >= 0.3 is 0 Å². The van der Waals surface area contributed by atoms with Gasteiger partial charge in [0, 0.05) is 13.0 Å². The van der Waals surface area contributed by atoms with Gasteiger partial charge in [0.25, 0.3) is 0 Å². The average molecular weight is 278 g/mol. The third-order valence-corrected chi connectivity index (χ3v) is 3.58. The van der Waals surface area contributed by atoms with Crippen molar-refractivity contribution in [2.24, 2.45) is 11.7 Å². The molecule has 0 heterocycles. The summed E-state index contributed by atoms with van der Waals surface area (Å²) >= 11 is 0. The van der Waals surface area contributed by atoms with Crippen LogP contribution in [0.5, 0.6) is 5.75 Å². The number of methoxy groups -OCH3 is 1. The normalized spacial score (nSPS) is 11.9. The highest BCUT2D eigenvalue weighted by atomic mass is 16.5. The first-order valence-corrected chi connectivity index (χ1v) is 7.29. The zero-order valence-corrected chi connectivity index (χ0v) is 12.5. The molecule has 0 aliphatic rings. The van der Waals surface area contributed by atoms with E-state index in [0.717, 1.165) is 30.6 Å². The summed E-state index contributed by atoms with van der Waals surface area (Å²) in [7, 11) is 1.64. The van der Waals surface area contributed by atoms with E-state index < -0.39 is 0 Å². The first-order valence-electron chi connectivity index (χ1n) is 7.29. The summed E-state index contributed by atoms with van der Waals surface area (Å²) in [4.78, 5) is 11.8. The highest BCUT2D eigenvalue weighted by molar-refractivity contribution is 5.75. The number of carbonyl (C=O) groups excluding carboxylic acids is 1. The summed E-state index contributed by atoms with van der Waals surface area (Å²) in [6, 6.07) is 7.72. The summed E-state index contributed by atoms with van der Waals surface area (Å²) in [5.74, 6) is 1.50. The second-order valence-corrected chi connectivity index (χ2v) is 5.02. The van der Waals surface area contributed by atoms with E-state index in [1.54, 1.807) is 7.11 Å². The molecule has 4 heteroatoms. The SMILES string of the molecule is CCC(CCN)CCC(=O)NCc1ccc(OC)cc1. The Kier molecular flexibility index (Phi) is 7.73. The molecule has 0 bridgehead atoms. The van der Waals surface area contributed by atoms with Crippen LogP contribution in [0.25, 0.3) is 0 Å². The van der Waals surface area contributed by atoms with Crippen LogP contribution >= 0.6 is 0 Å². The van der Waals surface area contributed by atoms with Gasteiger partial charge in [0.2, 0.25) is 5.91 Å². The van der Waals surface area contributed by atoms with Crippen LogP contribution in [0, 0.1) is 5.92 Å². The zero-order valence-electron chi connectivity index (χ0n) is 12.5. The summed E-state index contributed by atoms with van der Waals surface area (Å²) < 4.78 is 5.10. The quantitative estimate of drug-likeness (QED) is 0.729. The lowest BCUT2D eigenvalue weighted by molar-refractivity contribution is -0.121. The van der Waals surface area contributed by atoms with Crippen LogP contribution in [0.2, 0.25) is 0 Å². The first kappa shape index (κ1) is 16.5. The lowest BCUT2D eigenvalue weighted by atomic mass is 9.96. The molecule has 1 aromatic rings. The second kappa shape index (κ2) is 9.37. The molecule has 1 unspecified atom stereocenters. The Hall–Kier alpha value is -1.55. The zero-order chi connectivity index (χ0) is 14.8. The molecular formula is C16H26N2O2. The van der Waals surface area contributed by atoms with Crippen LogP contribution in [0.15, 0.2) is 24.3 Å². The smallest absolute Gasteiger partial charge is 0.220 e. The molecule has 0 aromatic heterocycles. The number of amides is 1. The van der Waals surface area contributed by atoms with Gasteiger partial charge in [-0.05, 0) is 43.0 Å². The van der Waals surface area contributed by atoms with Crippen molar-refractivity contribution in [1.29, 1.82) is 0 Å². The largest absolute Gasteiger partial charge is 0.497 e. The highest BCUT2D eigenvalue weighted by Gasteiger charge is 2.08. The molecule has 1 amide bonds. The molecule has 0 spiro atoms. The fourth-order valence-corrected chi connectivity index (χ4v) is 2.16. The minimum atomic E-state index is 0.108. The fraction of sp³-hybridized carbons (Fsp3) is 0.562. The first-order chi connectivity index (χ1) is 9.69. The molecule has 0 saturated heterocycles. The molecule has 0 fully saturated rings. The maximum atomic E-state index is 11.8. The van der Waals surface area contributed by atoms with Crippen LogP contribution in [0.1, 0.15) is 38.2 Å². The van der Waals surface area contributed by atoms with E-state index in [1.807, 2.05) is 24.3 Å². The lowest BCUT2D eigenvalue weighted by Crippen LogP contribution is -2.23. The molecule has 0 aliphatic heterocycles. The summed E-state index contributed by atoms with van der Waals surface area (Å²) in [5.41, 5.74) is 6.64. The van der Waals surface area contributed by atoms with Crippen molar-refractivity contribution in [3.05, 3.63) is 29.8 Å². The predicted octanol–water partition coefficient (Wildman–Crippen LogP) is 2.47. The van der Waals surface area contributed by atoms with E-state index in [1.165, 1.54) is 0 Å². The Bertz CT molecular complexity index is 390. The van der Waals surface area contributed by atoms with E-state index in [0.29, 0.717) is 25.4 Å². The molecule has 1 rings (SSSR count). The molecule has 1 aromatic carbocycles. The Labute approximate surface area is 121 Å². The van der Waals surface area contributed by atoms with Crippen molar-refractivity contribution in [2.45, 2.75) is 39.2 Å². The Morgan fingerprint density at radius 3 is 2.55 bits per heavy atom. The third-order valence-electron chi connectivity index (χ3n) is 3.58. The Morgan fingerprint density at radius 1 is 1.30 bits per heavy atom. The predicted molar refractivity (Wildman–Crippen MR) is 81.5 cm³/mol. The third kappa shape index (κ3) is 6.06. The lowest BCUT2D eigenvalue weighted by Gasteiger charge is -2.13. The van der Waals surface area contributed by atoms with E-state index >= 15 is 0 Å². The van der Waals surface area contributed by atoms with Crippen LogP contribution in [0.3, 0.4) is 0 Å². The van der Waals surface area contributed by atoms with E-state index in [4.69, 9.17) is 10.5 Å². The number of benzene rings is 1. The van der Waals surface area contributed by atoms with Gasteiger partial charge in [-0.2, -0.15) is 0 Å². The van der Waals surface area contributed by atoms with Crippen molar-refractivity contribution in [3.8, 4) is 5.75 Å². The average Bonchev–Trinajstić information content (AvgIpc) is 2.49. The number of carbonyl (C=O) groups is 1. The summed E-state index contributed by atoms with van der Waals surface area (Å²) in [6.07, 6.45) is 3.59. The van der Waals surface area contributed by atoms with Crippen LogP contribution in [-0.2, 0) is 11.3 Å². The maximum absolute atomic E-state index is 11.8. The molecule has 0 saturated carbocycles. The summed E-state index contributed by atoms with van der Waals surface area (Å²) in [5, 5.41) is 2.95. The monoisotopic (exact) mass is 278 g/mol. The van der Waals surface area contributed by atoms with Gasteiger partial charge in [0.1, 0.15) is 5.75 Å². The molecule has 20 heavy (non-hydrogen) atoms. The van der Waals surface area contributed by atoms with Gasteiger partial charge in [-0.1, -0.05) is 25.5 Å². The minimum absolute atomic E-state index is 0.108. The summed E-state index contributed by atoms with van der Waals surface area (Å²) in [6.45, 7) is 3.41. The number of nitrogens with two attached hydrogens (primary N) is 1. The number of hydrogen-bond acceptors (Lipinski definition) is 3. The van der Waals surface area contributed by atoms with Crippen molar-refractivity contribution in [2.75, 3.05) is 13.7 Å². The van der Waals surface area contributed by atoms with Gasteiger partial charge in [-0.3, -0.25) is 4.79 Å². The van der Waals surface area contributed by atoms with Gasteiger partial charge in [-0.25, -0.2) is 0 Å². The Morgan fingerprint density at radius 2 is 2.00 bits per heavy atom. The van der Waals surface area contributed by atoms with Crippen LogP contribution < -0.4 is 15.8 Å². The fourth-order valence-electron chi connectivity index (χ4n) is 2.16. The van der Waals surface area contributed by atoms with Gasteiger partial charge < -0.3 is 15.8 Å². The van der Waals surface area contributed by atoms with Crippen molar-refractivity contribution >= 4 is 5.91 Å². The molecule has 3 N–H and O–H groups in total. The maximum Gasteiger partial charge on any atom is 0.220 e. The van der Waals surface area contributed by atoms with Crippen molar-refractivity contribution in [1.82, 2.24) is 5.32 Å². The number of nitrogens with one attached hydrogen (secondary N) is 1. The van der Waals surface area contributed by atoms with E-state index in [9.17, 15) is 4.79 Å². The van der Waals surface area contributed by atoms with Gasteiger partial charge in [0.15, 0.2) is 0 Å². The minimum Gasteiger partial charge on any atom is -0.497 e. The molecule has 1 atom stereocenters. The van der Waals surface area contributed by atoms with Crippen LogP contribution in [0.4, 0.5) is 0 Å². The highest BCUT2D eigenvalue weighted by Crippen LogP contribution is 2.14. The molecule has 0 aliphatic carbocycles. The molecule has 0 radical (unpaired) electrons.